The Morgan fingerprint density at radius 3 is 2.93 bits per heavy atom. The average molecular weight is 424 g/mol. The highest BCUT2D eigenvalue weighted by Crippen LogP contribution is 2.41. The third kappa shape index (κ3) is 4.22. The lowest BCUT2D eigenvalue weighted by atomic mass is 9.99. The molecular weight excluding hydrogens is 401 g/mol. The molecule has 1 aromatic heterocycles. The second kappa shape index (κ2) is 7.48. The van der Waals surface area contributed by atoms with Crippen molar-refractivity contribution in [2.45, 2.75) is 58.0 Å². The summed E-state index contributed by atoms with van der Waals surface area (Å²) in [4.78, 5) is 12.2. The summed E-state index contributed by atoms with van der Waals surface area (Å²) in [6.45, 7) is 3.47. The van der Waals surface area contributed by atoms with Gasteiger partial charge in [-0.1, -0.05) is 12.1 Å². The van der Waals surface area contributed by atoms with E-state index in [2.05, 4.69) is 15.5 Å². The minimum Gasteiger partial charge on any atom is -0.483 e. The number of carbonyl (C=O) groups is 1. The van der Waals surface area contributed by atoms with Crippen molar-refractivity contribution in [2.75, 3.05) is 6.61 Å². The summed E-state index contributed by atoms with van der Waals surface area (Å²) in [5.74, 6) is 0.100. The molecule has 0 radical (unpaired) electrons. The van der Waals surface area contributed by atoms with Crippen LogP contribution < -0.4 is 14.8 Å². The van der Waals surface area contributed by atoms with E-state index in [-0.39, 0.29) is 38.1 Å². The number of hydrogen-bond acceptors (Lipinski definition) is 5. The zero-order chi connectivity index (χ0) is 21.5. The van der Waals surface area contributed by atoms with Crippen molar-refractivity contribution < 1.29 is 27.4 Å². The van der Waals surface area contributed by atoms with Gasteiger partial charge in [0.2, 0.25) is 0 Å². The average Bonchev–Trinajstić information content (AvgIpc) is 3.22. The number of halogens is 3. The number of aryl methyl sites for hydroxylation is 1. The first kappa shape index (κ1) is 20.5. The Labute approximate surface area is 171 Å². The van der Waals surface area contributed by atoms with Crippen LogP contribution in [0, 0.1) is 5.92 Å². The van der Waals surface area contributed by atoms with E-state index in [4.69, 9.17) is 9.47 Å². The van der Waals surface area contributed by atoms with Crippen LogP contribution >= 0.6 is 0 Å². The van der Waals surface area contributed by atoms with Gasteiger partial charge in [0, 0.05) is 24.9 Å². The van der Waals surface area contributed by atoms with Gasteiger partial charge in [-0.25, -0.2) is 0 Å². The molecule has 30 heavy (non-hydrogen) atoms. The third-order valence-electron chi connectivity index (χ3n) is 5.34. The summed E-state index contributed by atoms with van der Waals surface area (Å²) in [5.41, 5.74) is 0.692. The molecule has 2 aromatic rings. The van der Waals surface area contributed by atoms with Gasteiger partial charge >= 0.3 is 6.18 Å². The summed E-state index contributed by atoms with van der Waals surface area (Å²) in [5, 5.41) is 10.5. The van der Waals surface area contributed by atoms with E-state index < -0.39 is 18.0 Å². The molecule has 0 saturated heterocycles. The smallest absolute Gasteiger partial charge is 0.393 e. The number of nitrogens with zero attached hydrogens (tertiary/aromatic N) is 3. The van der Waals surface area contributed by atoms with Crippen LogP contribution in [0.1, 0.15) is 37.5 Å². The van der Waals surface area contributed by atoms with Crippen LogP contribution in [0.25, 0.3) is 0 Å². The number of hydrogen-bond donors (Lipinski definition) is 1. The summed E-state index contributed by atoms with van der Waals surface area (Å²) < 4.78 is 52.1. The fourth-order valence-corrected chi connectivity index (χ4v) is 3.85. The quantitative estimate of drug-likeness (QED) is 0.799. The zero-order valence-electron chi connectivity index (χ0n) is 16.8. The Morgan fingerprint density at radius 1 is 1.37 bits per heavy atom. The van der Waals surface area contributed by atoms with Crippen LogP contribution in [-0.2, 0) is 30.7 Å². The SMILES string of the molecule is CC1(C)Cc2cccc(OCC(=O)NCc3nnc4n3CC(C(F)(F)F)CC4)c2O1. The second-order valence-corrected chi connectivity index (χ2v) is 8.27. The van der Waals surface area contributed by atoms with Crippen molar-refractivity contribution in [3.63, 3.8) is 0 Å². The number of alkyl halides is 3. The predicted molar refractivity (Wildman–Crippen MR) is 100 cm³/mol. The number of rotatable bonds is 5. The molecule has 7 nitrogen and oxygen atoms in total. The molecule has 162 valence electrons. The molecule has 1 amide bonds. The lowest BCUT2D eigenvalue weighted by molar-refractivity contribution is -0.182. The lowest BCUT2D eigenvalue weighted by Gasteiger charge is -2.26. The number of fused-ring (bicyclic) bond motifs is 2. The number of amides is 1. The van der Waals surface area contributed by atoms with Gasteiger partial charge < -0.3 is 19.4 Å². The molecule has 4 rings (SSSR count). The van der Waals surface area contributed by atoms with Crippen LogP contribution in [0.4, 0.5) is 13.2 Å². The molecule has 1 unspecified atom stereocenters. The normalized spacial score (nSPS) is 19.6. The fourth-order valence-electron chi connectivity index (χ4n) is 3.85. The lowest BCUT2D eigenvalue weighted by Crippen LogP contribution is -2.34. The van der Waals surface area contributed by atoms with Gasteiger partial charge in [-0.05, 0) is 26.3 Å². The number of ether oxygens (including phenoxy) is 2. The highest BCUT2D eigenvalue weighted by atomic mass is 19.4. The maximum absolute atomic E-state index is 13.0. The first-order chi connectivity index (χ1) is 14.1. The standard InChI is InChI=1S/C20H23F3N4O3/c1-19(2)8-12-4-3-5-14(18(12)30-19)29-11-17(28)24-9-16-26-25-15-7-6-13(10-27(15)16)20(21,22)23/h3-5,13H,6-11H2,1-2H3,(H,24,28). The summed E-state index contributed by atoms with van der Waals surface area (Å²) in [6.07, 6.45) is -3.29. The molecule has 0 fully saturated rings. The Bertz CT molecular complexity index is 955. The number of nitrogens with one attached hydrogen (secondary N) is 1. The molecule has 1 N–H and O–H groups in total. The number of para-hydroxylation sites is 1. The van der Waals surface area contributed by atoms with E-state index in [0.29, 0.717) is 23.1 Å². The van der Waals surface area contributed by atoms with Crippen molar-refractivity contribution in [2.24, 2.45) is 5.92 Å². The monoisotopic (exact) mass is 424 g/mol. The topological polar surface area (TPSA) is 78.3 Å². The molecule has 0 spiro atoms. The number of benzene rings is 1. The Hall–Kier alpha value is -2.78. The van der Waals surface area contributed by atoms with E-state index in [0.717, 1.165) is 12.0 Å². The van der Waals surface area contributed by atoms with Gasteiger partial charge in [-0.15, -0.1) is 10.2 Å². The van der Waals surface area contributed by atoms with Gasteiger partial charge in [0.05, 0.1) is 12.5 Å². The first-order valence-electron chi connectivity index (χ1n) is 9.80. The molecule has 3 heterocycles. The van der Waals surface area contributed by atoms with Crippen molar-refractivity contribution in [1.29, 1.82) is 0 Å². The largest absolute Gasteiger partial charge is 0.483 e. The van der Waals surface area contributed by atoms with E-state index in [1.54, 1.807) is 6.07 Å². The molecule has 10 heteroatoms. The van der Waals surface area contributed by atoms with Crippen LogP contribution in [0.15, 0.2) is 18.2 Å². The highest BCUT2D eigenvalue weighted by Gasteiger charge is 2.42. The maximum atomic E-state index is 13.0. The summed E-state index contributed by atoms with van der Waals surface area (Å²) >= 11 is 0. The van der Waals surface area contributed by atoms with Crippen molar-refractivity contribution in [1.82, 2.24) is 20.1 Å². The van der Waals surface area contributed by atoms with Crippen molar-refractivity contribution in [3.8, 4) is 11.5 Å². The van der Waals surface area contributed by atoms with Gasteiger partial charge in [-0.2, -0.15) is 13.2 Å². The van der Waals surface area contributed by atoms with E-state index >= 15 is 0 Å². The number of aromatic nitrogens is 3. The van der Waals surface area contributed by atoms with Gasteiger partial charge in [-0.3, -0.25) is 4.79 Å². The van der Waals surface area contributed by atoms with Crippen molar-refractivity contribution >= 4 is 5.91 Å². The summed E-state index contributed by atoms with van der Waals surface area (Å²) in [7, 11) is 0. The van der Waals surface area contributed by atoms with Crippen LogP contribution in [-0.4, -0.2) is 39.1 Å². The first-order valence-corrected chi connectivity index (χ1v) is 9.80. The fraction of sp³-hybridized carbons (Fsp3) is 0.550. The van der Waals surface area contributed by atoms with E-state index in [1.807, 2.05) is 26.0 Å². The maximum Gasteiger partial charge on any atom is 0.393 e. The van der Waals surface area contributed by atoms with Gasteiger partial charge in [0.1, 0.15) is 11.4 Å². The molecule has 1 atom stereocenters. The minimum atomic E-state index is -4.26. The van der Waals surface area contributed by atoms with Gasteiger partial charge in [0.25, 0.3) is 5.91 Å². The van der Waals surface area contributed by atoms with Crippen LogP contribution in [0.2, 0.25) is 0 Å². The molecule has 0 aliphatic carbocycles. The second-order valence-electron chi connectivity index (χ2n) is 8.27. The third-order valence-corrected chi connectivity index (χ3v) is 5.34. The highest BCUT2D eigenvalue weighted by molar-refractivity contribution is 5.77. The van der Waals surface area contributed by atoms with E-state index in [9.17, 15) is 18.0 Å². The van der Waals surface area contributed by atoms with Gasteiger partial charge in [0.15, 0.2) is 23.9 Å². The van der Waals surface area contributed by atoms with Crippen LogP contribution in [0.3, 0.4) is 0 Å². The molecule has 2 aliphatic heterocycles. The van der Waals surface area contributed by atoms with Crippen molar-refractivity contribution in [3.05, 3.63) is 35.4 Å². The molecule has 0 bridgehead atoms. The number of carbonyl (C=O) groups excluding carboxylic acids is 1. The molecular formula is C20H23F3N4O3. The Balaban J connectivity index is 1.33. The molecule has 2 aliphatic rings. The van der Waals surface area contributed by atoms with Crippen LogP contribution in [0.5, 0.6) is 11.5 Å². The van der Waals surface area contributed by atoms with E-state index in [1.165, 1.54) is 4.57 Å². The molecule has 0 saturated carbocycles. The minimum absolute atomic E-state index is 0.00209. The Kier molecular flexibility index (Phi) is 5.11. The Morgan fingerprint density at radius 2 is 2.17 bits per heavy atom. The summed E-state index contributed by atoms with van der Waals surface area (Å²) in [6, 6.07) is 5.54. The zero-order valence-corrected chi connectivity index (χ0v) is 16.8. The molecule has 1 aromatic carbocycles. The predicted octanol–water partition coefficient (Wildman–Crippen LogP) is 2.81.